The third-order valence-electron chi connectivity index (χ3n) is 9.12. The van der Waals surface area contributed by atoms with E-state index in [1.54, 1.807) is 4.90 Å². The molecular formula is C43H33Cl2N5O2. The Kier molecular flexibility index (Phi) is 9.31. The van der Waals surface area contributed by atoms with Gasteiger partial charge >= 0.3 is 0 Å². The van der Waals surface area contributed by atoms with Crippen LogP contribution in [0.3, 0.4) is 0 Å². The van der Waals surface area contributed by atoms with Crippen LogP contribution in [-0.2, 0) is 13.1 Å². The van der Waals surface area contributed by atoms with Crippen LogP contribution in [0.4, 0.5) is 5.69 Å². The molecule has 2 heterocycles. The molecule has 8 rings (SSSR count). The second-order valence-corrected chi connectivity index (χ2v) is 13.6. The lowest BCUT2D eigenvalue weighted by Crippen LogP contribution is -2.33. The second kappa shape index (κ2) is 14.5. The maximum absolute atomic E-state index is 14.2. The van der Waals surface area contributed by atoms with Crippen LogP contribution in [0.1, 0.15) is 21.5 Å². The summed E-state index contributed by atoms with van der Waals surface area (Å²) >= 11 is 12.4. The normalized spacial score (nSPS) is 11.4. The van der Waals surface area contributed by atoms with Gasteiger partial charge in [-0.05, 0) is 94.0 Å². The van der Waals surface area contributed by atoms with Gasteiger partial charge in [-0.1, -0.05) is 96.0 Å². The standard InChI is InChI=1S/C43H33Cl2N5O2/c44-34-12-1-7-29(21-34)25-48-27-39-37(15-5-17-41(39)46-48)31-9-3-11-33(23-31)43(52)50(19-20-51)36-14-4-10-32(24-36)38-16-6-18-42-40(38)28-49(47-42)26-30-8-2-13-35(45)22-30/h1-18,21-24,27-28,51H,19-20,25-26H2. The van der Waals surface area contributed by atoms with Gasteiger partial charge in [-0.15, -0.1) is 0 Å². The van der Waals surface area contributed by atoms with E-state index < -0.39 is 0 Å². The topological polar surface area (TPSA) is 76.2 Å². The van der Waals surface area contributed by atoms with Crippen LogP contribution in [0.25, 0.3) is 44.1 Å². The van der Waals surface area contributed by atoms with Crippen LogP contribution in [-0.4, -0.2) is 43.7 Å². The Balaban J connectivity index is 1.09. The van der Waals surface area contributed by atoms with Gasteiger partial charge in [0.05, 0.1) is 30.7 Å². The summed E-state index contributed by atoms with van der Waals surface area (Å²) in [5.41, 5.74) is 8.88. The maximum Gasteiger partial charge on any atom is 0.258 e. The number of halogens is 2. The molecule has 0 bridgehead atoms. The molecule has 1 amide bonds. The number of amides is 1. The van der Waals surface area contributed by atoms with E-state index in [2.05, 4.69) is 6.07 Å². The molecule has 8 aromatic rings. The number of hydrogen-bond acceptors (Lipinski definition) is 4. The number of benzene rings is 6. The number of fused-ring (bicyclic) bond motifs is 2. The smallest absolute Gasteiger partial charge is 0.258 e. The second-order valence-electron chi connectivity index (χ2n) is 12.7. The van der Waals surface area contributed by atoms with Crippen molar-refractivity contribution >= 4 is 56.6 Å². The van der Waals surface area contributed by atoms with Crippen molar-refractivity contribution < 1.29 is 9.90 Å². The molecule has 0 spiro atoms. The van der Waals surface area contributed by atoms with Crippen molar-refractivity contribution in [3.63, 3.8) is 0 Å². The van der Waals surface area contributed by atoms with E-state index >= 15 is 0 Å². The molecule has 0 aliphatic rings. The molecule has 9 heteroatoms. The van der Waals surface area contributed by atoms with Crippen LogP contribution in [0, 0.1) is 0 Å². The van der Waals surface area contributed by atoms with Gasteiger partial charge < -0.3 is 10.0 Å². The van der Waals surface area contributed by atoms with Gasteiger partial charge in [-0.2, -0.15) is 10.2 Å². The number of aliphatic hydroxyl groups excluding tert-OH is 1. The number of hydrogen-bond donors (Lipinski definition) is 1. The van der Waals surface area contributed by atoms with Gasteiger partial charge in [-0.3, -0.25) is 14.2 Å². The first-order valence-corrected chi connectivity index (χ1v) is 17.7. The first kappa shape index (κ1) is 33.4. The number of aromatic nitrogens is 4. The lowest BCUT2D eigenvalue weighted by Gasteiger charge is -2.23. The van der Waals surface area contributed by atoms with Crippen LogP contribution < -0.4 is 4.90 Å². The van der Waals surface area contributed by atoms with Gasteiger partial charge in [0, 0.05) is 51.0 Å². The average molecular weight is 723 g/mol. The average Bonchev–Trinajstić information content (AvgIpc) is 3.77. The highest BCUT2D eigenvalue weighted by Gasteiger charge is 2.20. The summed E-state index contributed by atoms with van der Waals surface area (Å²) in [6.45, 7) is 1.13. The molecule has 0 fully saturated rings. The summed E-state index contributed by atoms with van der Waals surface area (Å²) < 4.78 is 3.83. The summed E-state index contributed by atoms with van der Waals surface area (Å²) in [6.07, 6.45) is 4.08. The zero-order valence-electron chi connectivity index (χ0n) is 28.0. The third kappa shape index (κ3) is 6.94. The number of rotatable bonds is 10. The van der Waals surface area contributed by atoms with E-state index in [0.29, 0.717) is 34.4 Å². The molecule has 0 saturated heterocycles. The van der Waals surface area contributed by atoms with Crippen molar-refractivity contribution in [3.8, 4) is 22.3 Å². The highest BCUT2D eigenvalue weighted by molar-refractivity contribution is 6.30. The Morgan fingerprint density at radius 2 is 1.13 bits per heavy atom. The zero-order valence-corrected chi connectivity index (χ0v) is 29.5. The maximum atomic E-state index is 14.2. The van der Waals surface area contributed by atoms with Crippen molar-refractivity contribution in [3.05, 3.63) is 173 Å². The fourth-order valence-corrected chi connectivity index (χ4v) is 7.19. The minimum Gasteiger partial charge on any atom is -0.395 e. The molecule has 7 nitrogen and oxygen atoms in total. The molecule has 2 aromatic heterocycles. The van der Waals surface area contributed by atoms with E-state index in [1.807, 2.05) is 149 Å². The Morgan fingerprint density at radius 1 is 0.615 bits per heavy atom. The van der Waals surface area contributed by atoms with Crippen molar-refractivity contribution in [1.29, 1.82) is 0 Å². The Labute approximate surface area is 310 Å². The zero-order chi connectivity index (χ0) is 35.6. The minimum absolute atomic E-state index is 0.139. The number of aliphatic hydroxyl groups is 1. The molecule has 1 N–H and O–H groups in total. The number of anilines is 1. The van der Waals surface area contributed by atoms with E-state index in [4.69, 9.17) is 33.4 Å². The van der Waals surface area contributed by atoms with Crippen LogP contribution in [0.5, 0.6) is 0 Å². The van der Waals surface area contributed by atoms with Gasteiger partial charge in [0.25, 0.3) is 5.91 Å². The molecule has 0 unspecified atom stereocenters. The molecule has 0 aliphatic heterocycles. The van der Waals surface area contributed by atoms with Crippen molar-refractivity contribution in [1.82, 2.24) is 19.6 Å². The molecular weight excluding hydrogens is 689 g/mol. The SMILES string of the molecule is O=C(c1cccc(-c2cccc3nn(Cc4cccc(Cl)c4)cc23)c1)N(CCO)c1cccc(-c2cccc3nn(Cc4cccc(Cl)c4)cc23)c1. The van der Waals surface area contributed by atoms with E-state index in [9.17, 15) is 9.90 Å². The molecule has 52 heavy (non-hydrogen) atoms. The lowest BCUT2D eigenvalue weighted by molar-refractivity contribution is 0.0981. The predicted octanol–water partition coefficient (Wildman–Crippen LogP) is 9.76. The molecule has 256 valence electrons. The van der Waals surface area contributed by atoms with E-state index in [0.717, 1.165) is 55.2 Å². The van der Waals surface area contributed by atoms with Crippen LogP contribution in [0.2, 0.25) is 10.0 Å². The molecule has 6 aromatic carbocycles. The summed E-state index contributed by atoms with van der Waals surface area (Å²) in [6, 6.07) is 43.1. The number of nitrogens with zero attached hydrogens (tertiary/aromatic N) is 5. The van der Waals surface area contributed by atoms with Crippen LogP contribution in [0.15, 0.2) is 146 Å². The number of carbonyl (C=O) groups is 1. The van der Waals surface area contributed by atoms with Gasteiger partial charge in [0.2, 0.25) is 0 Å². The highest BCUT2D eigenvalue weighted by Crippen LogP contribution is 2.33. The monoisotopic (exact) mass is 721 g/mol. The predicted molar refractivity (Wildman–Crippen MR) is 210 cm³/mol. The Hall–Kier alpha value is -5.73. The molecule has 0 atom stereocenters. The highest BCUT2D eigenvalue weighted by atomic mass is 35.5. The van der Waals surface area contributed by atoms with Crippen molar-refractivity contribution in [2.45, 2.75) is 13.1 Å². The van der Waals surface area contributed by atoms with Gasteiger partial charge in [0.1, 0.15) is 0 Å². The van der Waals surface area contributed by atoms with Gasteiger partial charge in [-0.25, -0.2) is 0 Å². The summed E-state index contributed by atoms with van der Waals surface area (Å²) in [5, 5.41) is 23.1. The fraction of sp³-hybridized carbons (Fsp3) is 0.0930. The largest absolute Gasteiger partial charge is 0.395 e. The molecule has 0 saturated carbocycles. The van der Waals surface area contributed by atoms with Crippen LogP contribution >= 0.6 is 23.2 Å². The Morgan fingerprint density at radius 3 is 1.69 bits per heavy atom. The first-order chi connectivity index (χ1) is 25.4. The quantitative estimate of drug-likeness (QED) is 0.153. The molecule has 0 radical (unpaired) electrons. The molecule has 0 aliphatic carbocycles. The summed E-state index contributed by atoms with van der Waals surface area (Å²) in [7, 11) is 0. The lowest BCUT2D eigenvalue weighted by atomic mass is 9.99. The third-order valence-corrected chi connectivity index (χ3v) is 9.59. The van der Waals surface area contributed by atoms with E-state index in [1.165, 1.54) is 0 Å². The van der Waals surface area contributed by atoms with E-state index in [-0.39, 0.29) is 19.1 Å². The number of carbonyl (C=O) groups excluding carboxylic acids is 1. The summed E-state index contributed by atoms with van der Waals surface area (Å²) in [5.74, 6) is -0.204. The fourth-order valence-electron chi connectivity index (χ4n) is 6.76. The van der Waals surface area contributed by atoms with Crippen molar-refractivity contribution in [2.24, 2.45) is 0 Å². The van der Waals surface area contributed by atoms with Crippen molar-refractivity contribution in [2.75, 3.05) is 18.1 Å². The first-order valence-electron chi connectivity index (χ1n) is 17.0. The Bertz CT molecular complexity index is 2580. The van der Waals surface area contributed by atoms with Gasteiger partial charge in [0.15, 0.2) is 0 Å². The summed E-state index contributed by atoms with van der Waals surface area (Å²) in [4.78, 5) is 15.9. The minimum atomic E-state index is -0.204.